The molecule has 0 bridgehead atoms. The third-order valence-corrected chi connectivity index (χ3v) is 5.15. The summed E-state index contributed by atoms with van der Waals surface area (Å²) in [6.45, 7) is 6.63. The SMILES string of the molecule is CC(C)(C)c1ccccc1OCC(=O)N/N=C/c1cc(Br)ccc1OCc1ccccc1. The van der Waals surface area contributed by atoms with E-state index >= 15 is 0 Å². The third kappa shape index (κ3) is 6.95. The van der Waals surface area contributed by atoms with Crippen LogP contribution in [0.4, 0.5) is 0 Å². The number of halogens is 1. The fraction of sp³-hybridized carbons (Fsp3) is 0.231. The summed E-state index contributed by atoms with van der Waals surface area (Å²) in [5.41, 5.74) is 5.29. The van der Waals surface area contributed by atoms with Crippen LogP contribution in [0.15, 0.2) is 82.4 Å². The number of carbonyl (C=O) groups excluding carboxylic acids is 1. The smallest absolute Gasteiger partial charge is 0.277 e. The first-order valence-electron chi connectivity index (χ1n) is 10.3. The number of hydrogen-bond donors (Lipinski definition) is 1. The molecule has 1 N–H and O–H groups in total. The number of para-hydroxylation sites is 1. The molecule has 0 heterocycles. The molecular weight excluding hydrogens is 468 g/mol. The summed E-state index contributed by atoms with van der Waals surface area (Å²) in [7, 11) is 0. The van der Waals surface area contributed by atoms with Crippen molar-refractivity contribution in [2.24, 2.45) is 5.10 Å². The van der Waals surface area contributed by atoms with Gasteiger partial charge in [-0.2, -0.15) is 5.10 Å². The number of nitrogens with one attached hydrogen (secondary N) is 1. The Morgan fingerprint density at radius 1 is 0.969 bits per heavy atom. The Labute approximate surface area is 197 Å². The van der Waals surface area contributed by atoms with Gasteiger partial charge in [-0.25, -0.2) is 5.43 Å². The molecule has 0 radical (unpaired) electrons. The van der Waals surface area contributed by atoms with Crippen LogP contribution >= 0.6 is 15.9 Å². The monoisotopic (exact) mass is 494 g/mol. The first-order valence-corrected chi connectivity index (χ1v) is 11.1. The summed E-state index contributed by atoms with van der Waals surface area (Å²) in [4.78, 5) is 12.2. The predicted octanol–water partition coefficient (Wildman–Crippen LogP) is 5.85. The van der Waals surface area contributed by atoms with E-state index in [1.54, 1.807) is 6.21 Å². The zero-order valence-corrected chi connectivity index (χ0v) is 20.1. The molecule has 0 aliphatic carbocycles. The molecule has 5 nitrogen and oxygen atoms in total. The van der Waals surface area contributed by atoms with Crippen molar-refractivity contribution in [3.05, 3.63) is 94.0 Å². The van der Waals surface area contributed by atoms with Crippen molar-refractivity contribution in [1.82, 2.24) is 5.43 Å². The molecule has 0 fully saturated rings. The zero-order chi connectivity index (χ0) is 23.0. The maximum atomic E-state index is 12.2. The maximum absolute atomic E-state index is 12.2. The summed E-state index contributed by atoms with van der Waals surface area (Å²) in [6.07, 6.45) is 1.56. The van der Waals surface area contributed by atoms with Crippen LogP contribution in [0.1, 0.15) is 37.5 Å². The standard InChI is InChI=1S/C26H27BrN2O3/c1-26(2,3)22-11-7-8-12-24(22)32-18-25(30)29-28-16-20-15-21(27)13-14-23(20)31-17-19-9-5-4-6-10-19/h4-16H,17-18H2,1-3H3,(H,29,30)/b28-16+. The minimum Gasteiger partial charge on any atom is -0.488 e. The molecule has 3 rings (SSSR count). The Morgan fingerprint density at radius 3 is 2.44 bits per heavy atom. The van der Waals surface area contributed by atoms with Gasteiger partial charge in [0.2, 0.25) is 0 Å². The maximum Gasteiger partial charge on any atom is 0.277 e. The first kappa shape index (κ1) is 23.5. The Hall–Kier alpha value is -3.12. The minimum absolute atomic E-state index is 0.0813. The molecule has 0 unspecified atom stereocenters. The molecular formula is C26H27BrN2O3. The summed E-state index contributed by atoms with van der Waals surface area (Å²) in [5.74, 6) is 1.03. The van der Waals surface area contributed by atoms with E-state index in [1.165, 1.54) is 0 Å². The number of ether oxygens (including phenoxy) is 2. The van der Waals surface area contributed by atoms with Gasteiger partial charge < -0.3 is 9.47 Å². The summed E-state index contributed by atoms with van der Waals surface area (Å²) < 4.78 is 12.6. The van der Waals surface area contributed by atoms with Gasteiger partial charge in [-0.1, -0.05) is 85.2 Å². The van der Waals surface area contributed by atoms with Gasteiger partial charge in [0.15, 0.2) is 6.61 Å². The molecule has 0 saturated heterocycles. The van der Waals surface area contributed by atoms with Crippen LogP contribution in [0.3, 0.4) is 0 Å². The van der Waals surface area contributed by atoms with E-state index in [0.29, 0.717) is 18.1 Å². The number of hydrogen-bond acceptors (Lipinski definition) is 4. The third-order valence-electron chi connectivity index (χ3n) is 4.66. The van der Waals surface area contributed by atoms with Crippen LogP contribution in [0.2, 0.25) is 0 Å². The largest absolute Gasteiger partial charge is 0.488 e. The Bertz CT molecular complexity index is 1080. The molecule has 6 heteroatoms. The molecule has 3 aromatic rings. The second kappa shape index (κ2) is 11.0. The van der Waals surface area contributed by atoms with Crippen molar-refractivity contribution >= 4 is 28.1 Å². The lowest BCUT2D eigenvalue weighted by Gasteiger charge is -2.22. The van der Waals surface area contributed by atoms with Gasteiger partial charge in [0.1, 0.15) is 18.1 Å². The molecule has 1 amide bonds. The highest BCUT2D eigenvalue weighted by Gasteiger charge is 2.18. The van der Waals surface area contributed by atoms with Gasteiger partial charge in [0, 0.05) is 10.0 Å². The van der Waals surface area contributed by atoms with Crippen molar-refractivity contribution in [2.45, 2.75) is 32.8 Å². The number of amides is 1. The molecule has 0 aliphatic rings. The summed E-state index contributed by atoms with van der Waals surface area (Å²) in [6, 6.07) is 23.3. The van der Waals surface area contributed by atoms with Crippen LogP contribution in [0.5, 0.6) is 11.5 Å². The lowest BCUT2D eigenvalue weighted by molar-refractivity contribution is -0.123. The number of nitrogens with zero attached hydrogens (tertiary/aromatic N) is 1. The van der Waals surface area contributed by atoms with E-state index in [2.05, 4.69) is 47.2 Å². The van der Waals surface area contributed by atoms with Crippen molar-refractivity contribution in [1.29, 1.82) is 0 Å². The van der Waals surface area contributed by atoms with Crippen LogP contribution in [-0.4, -0.2) is 18.7 Å². The van der Waals surface area contributed by atoms with Gasteiger partial charge in [-0.15, -0.1) is 0 Å². The van der Waals surface area contributed by atoms with E-state index in [-0.39, 0.29) is 17.9 Å². The lowest BCUT2D eigenvalue weighted by atomic mass is 9.86. The minimum atomic E-state index is -0.341. The van der Waals surface area contributed by atoms with Gasteiger partial charge in [-0.05, 0) is 40.8 Å². The van der Waals surface area contributed by atoms with E-state index in [4.69, 9.17) is 9.47 Å². The average molecular weight is 495 g/mol. The lowest BCUT2D eigenvalue weighted by Crippen LogP contribution is -2.25. The molecule has 3 aromatic carbocycles. The van der Waals surface area contributed by atoms with Crippen LogP contribution in [-0.2, 0) is 16.8 Å². The summed E-state index contributed by atoms with van der Waals surface area (Å²) in [5, 5.41) is 4.08. The van der Waals surface area contributed by atoms with E-state index in [0.717, 1.165) is 21.2 Å². The van der Waals surface area contributed by atoms with E-state index < -0.39 is 0 Å². The highest BCUT2D eigenvalue weighted by molar-refractivity contribution is 9.10. The predicted molar refractivity (Wildman–Crippen MR) is 131 cm³/mol. The Balaban J connectivity index is 1.59. The van der Waals surface area contributed by atoms with Gasteiger partial charge in [0.25, 0.3) is 5.91 Å². The molecule has 166 valence electrons. The van der Waals surface area contributed by atoms with Gasteiger partial charge >= 0.3 is 0 Å². The molecule has 0 spiro atoms. The van der Waals surface area contributed by atoms with Crippen molar-refractivity contribution in [3.63, 3.8) is 0 Å². The van der Waals surface area contributed by atoms with Gasteiger partial charge in [-0.3, -0.25) is 4.79 Å². The molecule has 0 saturated carbocycles. The quantitative estimate of drug-likeness (QED) is 0.315. The van der Waals surface area contributed by atoms with E-state index in [1.807, 2.05) is 72.8 Å². The number of rotatable bonds is 8. The highest BCUT2D eigenvalue weighted by atomic mass is 79.9. The second-order valence-electron chi connectivity index (χ2n) is 8.28. The van der Waals surface area contributed by atoms with Crippen LogP contribution in [0.25, 0.3) is 0 Å². The van der Waals surface area contributed by atoms with Crippen molar-refractivity contribution < 1.29 is 14.3 Å². The average Bonchev–Trinajstić information content (AvgIpc) is 2.77. The summed E-state index contributed by atoms with van der Waals surface area (Å²) >= 11 is 3.46. The Morgan fingerprint density at radius 2 is 1.69 bits per heavy atom. The number of carbonyl (C=O) groups is 1. The zero-order valence-electron chi connectivity index (χ0n) is 18.5. The highest BCUT2D eigenvalue weighted by Crippen LogP contribution is 2.30. The molecule has 0 aliphatic heterocycles. The number of hydrazone groups is 1. The van der Waals surface area contributed by atoms with Crippen LogP contribution in [0, 0.1) is 0 Å². The van der Waals surface area contributed by atoms with Crippen molar-refractivity contribution in [3.8, 4) is 11.5 Å². The molecule has 0 atom stereocenters. The van der Waals surface area contributed by atoms with Crippen molar-refractivity contribution in [2.75, 3.05) is 6.61 Å². The topological polar surface area (TPSA) is 59.9 Å². The number of benzene rings is 3. The Kier molecular flexibility index (Phi) is 8.06. The normalized spacial score (nSPS) is 11.4. The van der Waals surface area contributed by atoms with E-state index in [9.17, 15) is 4.79 Å². The fourth-order valence-corrected chi connectivity index (χ4v) is 3.43. The molecule has 0 aromatic heterocycles. The molecule has 32 heavy (non-hydrogen) atoms. The van der Waals surface area contributed by atoms with Gasteiger partial charge in [0.05, 0.1) is 6.21 Å². The fourth-order valence-electron chi connectivity index (χ4n) is 3.05. The second-order valence-corrected chi connectivity index (χ2v) is 9.20. The first-order chi connectivity index (χ1) is 15.3. The van der Waals surface area contributed by atoms with Crippen LogP contribution < -0.4 is 14.9 Å².